The van der Waals surface area contributed by atoms with E-state index in [9.17, 15) is 14.3 Å². The molecule has 0 heterocycles. The molecule has 1 rings (SSSR count). The summed E-state index contributed by atoms with van der Waals surface area (Å²) in [5, 5.41) is 10.4. The zero-order valence-electron chi connectivity index (χ0n) is 14.9. The highest BCUT2D eigenvalue weighted by molar-refractivity contribution is 5.92. The molecule has 22 heavy (non-hydrogen) atoms. The van der Waals surface area contributed by atoms with Crippen LogP contribution >= 0.6 is 0 Å². The summed E-state index contributed by atoms with van der Waals surface area (Å²) in [4.78, 5) is 12.3. The summed E-state index contributed by atoms with van der Waals surface area (Å²) >= 11 is 0. The van der Waals surface area contributed by atoms with Gasteiger partial charge in [-0.3, -0.25) is 4.79 Å². The molecule has 0 radical (unpaired) electrons. The van der Waals surface area contributed by atoms with Gasteiger partial charge < -0.3 is 5.11 Å². The number of hydrogen-bond donors (Lipinski definition) is 1. The van der Waals surface area contributed by atoms with Gasteiger partial charge in [0.25, 0.3) is 0 Å². The number of halogens is 1. The van der Waals surface area contributed by atoms with Gasteiger partial charge in [0.2, 0.25) is 0 Å². The summed E-state index contributed by atoms with van der Waals surface area (Å²) < 4.78 is 13.8. The van der Waals surface area contributed by atoms with E-state index in [1.165, 1.54) is 45.6 Å². The van der Waals surface area contributed by atoms with Gasteiger partial charge in [-0.25, -0.2) is 4.39 Å². The van der Waals surface area contributed by atoms with Gasteiger partial charge in [-0.05, 0) is 39.0 Å². The van der Waals surface area contributed by atoms with Crippen LogP contribution < -0.4 is 0 Å². The van der Waals surface area contributed by atoms with Crippen LogP contribution in [0.2, 0.25) is 0 Å². The first-order chi connectivity index (χ1) is 10.0. The van der Waals surface area contributed by atoms with Crippen LogP contribution in [-0.2, 0) is 4.79 Å². The Morgan fingerprint density at radius 2 is 1.82 bits per heavy atom. The molecule has 0 spiro atoms. The van der Waals surface area contributed by atoms with E-state index in [1.807, 2.05) is 20.8 Å². The quantitative estimate of drug-likeness (QED) is 0.456. The number of aliphatic hydroxyl groups is 1. The summed E-state index contributed by atoms with van der Waals surface area (Å²) in [5.74, 6) is 0.293. The van der Waals surface area contributed by atoms with Crippen molar-refractivity contribution in [2.45, 2.75) is 85.2 Å². The van der Waals surface area contributed by atoms with E-state index in [-0.39, 0.29) is 29.3 Å². The second-order valence-corrected chi connectivity index (χ2v) is 8.20. The highest BCUT2D eigenvalue weighted by Gasteiger charge is 2.31. The summed E-state index contributed by atoms with van der Waals surface area (Å²) in [6.45, 7) is 8.87. The Balaban J connectivity index is 2.73. The minimum absolute atomic E-state index is 0.148. The van der Waals surface area contributed by atoms with E-state index < -0.39 is 5.67 Å². The lowest BCUT2D eigenvalue weighted by Gasteiger charge is -2.28. The lowest BCUT2D eigenvalue weighted by Crippen LogP contribution is -2.25. The smallest absolute Gasteiger partial charge is 0.162 e. The molecule has 1 atom stereocenters. The minimum Gasteiger partial charge on any atom is -0.512 e. The fraction of sp³-hybridized carbons (Fsp3) is 0.842. The molecule has 0 amide bonds. The molecule has 0 aromatic rings. The number of carbonyl (C=O) groups is 1. The van der Waals surface area contributed by atoms with Crippen LogP contribution in [0.1, 0.15) is 79.6 Å². The first kappa shape index (κ1) is 19.2. The number of aliphatic hydroxyl groups excluding tert-OH is 1. The van der Waals surface area contributed by atoms with Crippen molar-refractivity contribution in [3.63, 3.8) is 0 Å². The molecule has 1 aliphatic carbocycles. The Kier molecular flexibility index (Phi) is 6.64. The predicted molar refractivity (Wildman–Crippen MR) is 89.7 cm³/mol. The zero-order chi connectivity index (χ0) is 17.0. The molecule has 1 fully saturated rings. The van der Waals surface area contributed by atoms with Gasteiger partial charge in [0.15, 0.2) is 5.78 Å². The van der Waals surface area contributed by atoms with Crippen LogP contribution in [0.5, 0.6) is 0 Å². The van der Waals surface area contributed by atoms with Crippen molar-refractivity contribution in [2.24, 2.45) is 17.3 Å². The topological polar surface area (TPSA) is 37.3 Å². The molecule has 1 N–H and O–H groups in total. The third-order valence-corrected chi connectivity index (χ3v) is 4.87. The average molecular weight is 312 g/mol. The number of alkyl halides is 1. The molecule has 3 heteroatoms. The van der Waals surface area contributed by atoms with Crippen molar-refractivity contribution >= 4 is 5.78 Å². The van der Waals surface area contributed by atoms with E-state index in [1.54, 1.807) is 0 Å². The molecule has 1 aliphatic rings. The minimum atomic E-state index is -1.36. The van der Waals surface area contributed by atoms with Crippen LogP contribution in [0.15, 0.2) is 11.8 Å². The fourth-order valence-electron chi connectivity index (χ4n) is 3.52. The number of rotatable bonds is 8. The van der Waals surface area contributed by atoms with Crippen LogP contribution in [0.4, 0.5) is 4.39 Å². The standard InChI is InChI=1S/C19H33FO2/c1-6-15(13-19(4,5)20)16(21)11-17(22)18(2,3)12-14-9-7-8-10-14/h11,14-15,22H,6-10,12-13H2,1-5H3. The van der Waals surface area contributed by atoms with Gasteiger partial charge in [0.1, 0.15) is 11.4 Å². The Labute approximate surface area is 135 Å². The Morgan fingerprint density at radius 1 is 1.27 bits per heavy atom. The highest BCUT2D eigenvalue weighted by atomic mass is 19.1. The maximum absolute atomic E-state index is 13.8. The number of ketones is 1. The number of allylic oxidation sites excluding steroid dienone is 2. The van der Waals surface area contributed by atoms with Gasteiger partial charge in [-0.2, -0.15) is 0 Å². The van der Waals surface area contributed by atoms with E-state index in [0.717, 1.165) is 6.42 Å². The molecule has 0 aromatic carbocycles. The van der Waals surface area contributed by atoms with Gasteiger partial charge in [-0.1, -0.05) is 46.5 Å². The van der Waals surface area contributed by atoms with Gasteiger partial charge in [0.05, 0.1) is 0 Å². The molecule has 128 valence electrons. The maximum atomic E-state index is 13.8. The number of hydrogen-bond acceptors (Lipinski definition) is 2. The largest absolute Gasteiger partial charge is 0.512 e. The average Bonchev–Trinajstić information content (AvgIpc) is 2.86. The van der Waals surface area contributed by atoms with Crippen molar-refractivity contribution in [3.05, 3.63) is 11.8 Å². The molecular weight excluding hydrogens is 279 g/mol. The summed E-state index contributed by atoms with van der Waals surface area (Å²) in [5.41, 5.74) is -1.74. The summed E-state index contributed by atoms with van der Waals surface area (Å²) in [6.07, 6.45) is 8.05. The fourth-order valence-corrected chi connectivity index (χ4v) is 3.52. The van der Waals surface area contributed by atoms with Gasteiger partial charge >= 0.3 is 0 Å². The van der Waals surface area contributed by atoms with Crippen molar-refractivity contribution < 1.29 is 14.3 Å². The molecule has 1 saturated carbocycles. The van der Waals surface area contributed by atoms with Crippen LogP contribution in [0.3, 0.4) is 0 Å². The zero-order valence-corrected chi connectivity index (χ0v) is 14.9. The molecular formula is C19H33FO2. The van der Waals surface area contributed by atoms with Crippen LogP contribution in [0.25, 0.3) is 0 Å². The second kappa shape index (κ2) is 7.61. The first-order valence-electron chi connectivity index (χ1n) is 8.69. The van der Waals surface area contributed by atoms with Crippen molar-refractivity contribution in [2.75, 3.05) is 0 Å². The molecule has 0 aromatic heterocycles. The highest BCUT2D eigenvalue weighted by Crippen LogP contribution is 2.39. The Morgan fingerprint density at radius 3 is 2.27 bits per heavy atom. The van der Waals surface area contributed by atoms with Crippen molar-refractivity contribution in [1.82, 2.24) is 0 Å². The normalized spacial score (nSPS) is 19.5. The lowest BCUT2D eigenvalue weighted by molar-refractivity contribution is -0.119. The SMILES string of the molecule is CCC(CC(C)(C)F)C(=O)C=C(O)C(C)(C)CC1CCCC1. The summed E-state index contributed by atoms with van der Waals surface area (Å²) in [6, 6.07) is 0. The monoisotopic (exact) mass is 312 g/mol. The Bertz CT molecular complexity index is 398. The molecule has 0 aliphatic heterocycles. The van der Waals surface area contributed by atoms with E-state index >= 15 is 0 Å². The molecule has 1 unspecified atom stereocenters. The van der Waals surface area contributed by atoms with Crippen molar-refractivity contribution in [3.8, 4) is 0 Å². The third kappa shape index (κ3) is 6.10. The second-order valence-electron chi connectivity index (χ2n) is 8.20. The molecule has 2 nitrogen and oxygen atoms in total. The van der Waals surface area contributed by atoms with Gasteiger partial charge in [-0.15, -0.1) is 0 Å². The maximum Gasteiger partial charge on any atom is 0.162 e. The third-order valence-electron chi connectivity index (χ3n) is 4.87. The lowest BCUT2D eigenvalue weighted by atomic mass is 9.79. The summed E-state index contributed by atoms with van der Waals surface area (Å²) in [7, 11) is 0. The van der Waals surface area contributed by atoms with E-state index in [4.69, 9.17) is 0 Å². The van der Waals surface area contributed by atoms with Crippen molar-refractivity contribution in [1.29, 1.82) is 0 Å². The van der Waals surface area contributed by atoms with Crippen LogP contribution in [0, 0.1) is 17.3 Å². The van der Waals surface area contributed by atoms with Gasteiger partial charge in [0, 0.05) is 17.4 Å². The Hall–Kier alpha value is -0.860. The first-order valence-corrected chi connectivity index (χ1v) is 8.69. The van der Waals surface area contributed by atoms with E-state index in [0.29, 0.717) is 12.3 Å². The molecule has 0 bridgehead atoms. The molecule has 0 saturated heterocycles. The number of carbonyl (C=O) groups excluding carboxylic acids is 1. The predicted octanol–water partition coefficient (Wildman–Crippen LogP) is 5.77. The van der Waals surface area contributed by atoms with E-state index in [2.05, 4.69) is 0 Å². The van der Waals surface area contributed by atoms with Crippen LogP contribution in [-0.4, -0.2) is 16.6 Å².